The molecular weight excluding hydrogens is 536 g/mol. The lowest BCUT2D eigenvalue weighted by Gasteiger charge is -2.30. The Hall–Kier alpha value is -1.66. The third kappa shape index (κ3) is 8.70. The summed E-state index contributed by atoms with van der Waals surface area (Å²) in [6, 6.07) is 16.3. The Morgan fingerprint density at radius 1 is 0.656 bits per heavy atom. The second-order valence-electron chi connectivity index (χ2n) is 8.50. The van der Waals surface area contributed by atoms with Gasteiger partial charge < -0.3 is 10.2 Å². The summed E-state index contributed by atoms with van der Waals surface area (Å²) >= 11 is 6.92. The zero-order chi connectivity index (χ0) is 23.4. The van der Waals surface area contributed by atoms with Crippen LogP contribution in [-0.4, -0.2) is 22.2 Å². The number of alkyl halides is 2. The molecule has 0 bridgehead atoms. The first-order valence-corrected chi connectivity index (χ1v) is 13.4. The molecule has 0 fully saturated rings. The molecule has 0 radical (unpaired) electrons. The van der Waals surface area contributed by atoms with Crippen molar-refractivity contribution in [2.24, 2.45) is 5.41 Å². The van der Waals surface area contributed by atoms with E-state index in [1.807, 2.05) is 48.5 Å². The number of hydrogen-bond acceptors (Lipinski definition) is 2. The molecule has 0 spiro atoms. The second-order valence-corrected chi connectivity index (χ2v) is 9.62. The molecule has 0 aromatic heterocycles. The Kier molecular flexibility index (Phi) is 11.5. The van der Waals surface area contributed by atoms with Gasteiger partial charge in [-0.3, -0.25) is 9.59 Å². The van der Waals surface area contributed by atoms with Gasteiger partial charge in [0.05, 0.1) is 5.41 Å². The first-order chi connectivity index (χ1) is 15.4. The normalized spacial score (nSPS) is 11.4. The SMILES string of the molecule is O=C(O)CCCCCCCC(Cc1ccc(CBr)cc1)(Cc1ccc(CBr)cc1)C(=O)O. The average molecular weight is 568 g/mol. The molecule has 0 aliphatic heterocycles. The predicted molar refractivity (Wildman–Crippen MR) is 136 cm³/mol. The number of carbonyl (C=O) groups is 2. The molecule has 2 aromatic rings. The average Bonchev–Trinajstić information content (AvgIpc) is 2.79. The molecule has 174 valence electrons. The van der Waals surface area contributed by atoms with E-state index in [0.717, 1.165) is 47.5 Å². The van der Waals surface area contributed by atoms with Gasteiger partial charge in [-0.2, -0.15) is 0 Å². The summed E-state index contributed by atoms with van der Waals surface area (Å²) in [6.07, 6.45) is 6.00. The van der Waals surface area contributed by atoms with E-state index >= 15 is 0 Å². The monoisotopic (exact) mass is 566 g/mol. The topological polar surface area (TPSA) is 74.6 Å². The first kappa shape index (κ1) is 26.6. The van der Waals surface area contributed by atoms with Crippen molar-refractivity contribution in [3.8, 4) is 0 Å². The highest BCUT2D eigenvalue weighted by atomic mass is 79.9. The van der Waals surface area contributed by atoms with E-state index in [-0.39, 0.29) is 6.42 Å². The number of rotatable bonds is 15. The largest absolute Gasteiger partial charge is 0.481 e. The fourth-order valence-corrected chi connectivity index (χ4v) is 4.79. The van der Waals surface area contributed by atoms with Gasteiger partial charge in [-0.25, -0.2) is 0 Å². The van der Waals surface area contributed by atoms with Crippen LogP contribution >= 0.6 is 31.9 Å². The summed E-state index contributed by atoms with van der Waals surface area (Å²) in [6.45, 7) is 0. The Morgan fingerprint density at radius 2 is 1.06 bits per heavy atom. The summed E-state index contributed by atoms with van der Waals surface area (Å²) in [5, 5.41) is 20.7. The van der Waals surface area contributed by atoms with Crippen molar-refractivity contribution in [3.05, 3.63) is 70.8 Å². The van der Waals surface area contributed by atoms with E-state index in [2.05, 4.69) is 31.9 Å². The van der Waals surface area contributed by atoms with Crippen molar-refractivity contribution in [3.63, 3.8) is 0 Å². The van der Waals surface area contributed by atoms with E-state index in [1.54, 1.807) is 0 Å². The van der Waals surface area contributed by atoms with Gasteiger partial charge >= 0.3 is 11.9 Å². The quantitative estimate of drug-likeness (QED) is 0.177. The Morgan fingerprint density at radius 3 is 1.47 bits per heavy atom. The maximum atomic E-state index is 12.6. The van der Waals surface area contributed by atoms with Gasteiger partial charge in [-0.15, -0.1) is 0 Å². The van der Waals surface area contributed by atoms with Crippen molar-refractivity contribution in [1.29, 1.82) is 0 Å². The number of aliphatic carboxylic acids is 2. The van der Waals surface area contributed by atoms with Crippen LogP contribution in [0.25, 0.3) is 0 Å². The van der Waals surface area contributed by atoms with Crippen LogP contribution in [0.4, 0.5) is 0 Å². The van der Waals surface area contributed by atoms with Gasteiger partial charge in [0.2, 0.25) is 0 Å². The minimum Gasteiger partial charge on any atom is -0.481 e. The molecule has 2 N–H and O–H groups in total. The Balaban J connectivity index is 2.13. The van der Waals surface area contributed by atoms with Gasteiger partial charge in [0, 0.05) is 17.1 Å². The summed E-state index contributed by atoms with van der Waals surface area (Å²) in [5.41, 5.74) is 3.54. The van der Waals surface area contributed by atoms with Gasteiger partial charge in [0.15, 0.2) is 0 Å². The molecule has 0 amide bonds. The highest BCUT2D eigenvalue weighted by Gasteiger charge is 2.38. The maximum absolute atomic E-state index is 12.6. The highest BCUT2D eigenvalue weighted by molar-refractivity contribution is 9.08. The van der Waals surface area contributed by atoms with Crippen LogP contribution in [0.2, 0.25) is 0 Å². The van der Waals surface area contributed by atoms with E-state index in [9.17, 15) is 14.7 Å². The highest BCUT2D eigenvalue weighted by Crippen LogP contribution is 2.35. The van der Waals surface area contributed by atoms with E-state index < -0.39 is 17.4 Å². The van der Waals surface area contributed by atoms with Crippen LogP contribution in [0.5, 0.6) is 0 Å². The zero-order valence-corrected chi connectivity index (χ0v) is 21.5. The van der Waals surface area contributed by atoms with Gasteiger partial charge in [0.25, 0.3) is 0 Å². The smallest absolute Gasteiger partial charge is 0.310 e. The molecule has 4 nitrogen and oxygen atoms in total. The van der Waals surface area contributed by atoms with Crippen molar-refractivity contribution in [2.75, 3.05) is 0 Å². The van der Waals surface area contributed by atoms with Gasteiger partial charge in [0.1, 0.15) is 0 Å². The third-order valence-electron chi connectivity index (χ3n) is 5.94. The van der Waals surface area contributed by atoms with Gasteiger partial charge in [-0.1, -0.05) is 106 Å². The number of hydrogen-bond donors (Lipinski definition) is 2. The van der Waals surface area contributed by atoms with Crippen molar-refractivity contribution < 1.29 is 19.8 Å². The zero-order valence-electron chi connectivity index (χ0n) is 18.4. The van der Waals surface area contributed by atoms with Crippen LogP contribution in [0, 0.1) is 5.41 Å². The van der Waals surface area contributed by atoms with Crippen LogP contribution in [0.1, 0.15) is 67.2 Å². The lowest BCUT2D eigenvalue weighted by atomic mass is 9.72. The molecule has 0 unspecified atom stereocenters. The minimum atomic E-state index is -0.868. The molecule has 2 aromatic carbocycles. The number of halogens is 2. The molecule has 0 heterocycles. The van der Waals surface area contributed by atoms with Crippen LogP contribution in [0.15, 0.2) is 48.5 Å². The van der Waals surface area contributed by atoms with Crippen molar-refractivity contribution in [2.45, 2.75) is 68.4 Å². The number of carboxylic acids is 2. The number of carboxylic acid groups (broad SMARTS) is 2. The lowest BCUT2D eigenvalue weighted by molar-refractivity contribution is -0.149. The molecule has 32 heavy (non-hydrogen) atoms. The molecule has 2 rings (SSSR count). The number of benzene rings is 2. The molecular formula is C26H32Br2O4. The van der Waals surface area contributed by atoms with Crippen molar-refractivity contribution >= 4 is 43.8 Å². The van der Waals surface area contributed by atoms with E-state index in [0.29, 0.717) is 25.7 Å². The summed E-state index contributed by atoms with van der Waals surface area (Å²) in [4.78, 5) is 23.3. The van der Waals surface area contributed by atoms with Crippen LogP contribution in [-0.2, 0) is 33.1 Å². The molecule has 0 atom stereocenters. The standard InChI is InChI=1S/C26H32Br2O4/c27-18-22-11-7-20(8-12-22)16-26(25(31)32,15-5-3-1-2-4-6-24(29)30)17-21-9-13-23(19-28)14-10-21/h7-14H,1-6,15-19H2,(H,29,30)(H,31,32). The van der Waals surface area contributed by atoms with E-state index in [4.69, 9.17) is 5.11 Å². The Labute approximate surface area is 207 Å². The fourth-order valence-electron chi connectivity index (χ4n) is 4.04. The fraction of sp³-hybridized carbons (Fsp3) is 0.462. The summed E-state index contributed by atoms with van der Waals surface area (Å²) in [7, 11) is 0. The van der Waals surface area contributed by atoms with Crippen LogP contribution in [0.3, 0.4) is 0 Å². The van der Waals surface area contributed by atoms with Crippen molar-refractivity contribution in [1.82, 2.24) is 0 Å². The maximum Gasteiger partial charge on any atom is 0.310 e. The minimum absolute atomic E-state index is 0.202. The Bertz CT molecular complexity index is 798. The molecule has 0 aliphatic carbocycles. The lowest BCUT2D eigenvalue weighted by Crippen LogP contribution is -2.36. The first-order valence-electron chi connectivity index (χ1n) is 11.1. The molecule has 0 saturated heterocycles. The predicted octanol–water partition coefficient (Wildman–Crippen LogP) is 7.15. The van der Waals surface area contributed by atoms with Gasteiger partial charge in [-0.05, 0) is 47.9 Å². The number of unbranched alkanes of at least 4 members (excludes halogenated alkanes) is 4. The molecule has 0 saturated carbocycles. The molecule has 6 heteroatoms. The van der Waals surface area contributed by atoms with Crippen LogP contribution < -0.4 is 0 Å². The third-order valence-corrected chi connectivity index (χ3v) is 7.23. The second kappa shape index (κ2) is 13.8. The summed E-state index contributed by atoms with van der Waals surface area (Å²) in [5.74, 6) is -1.51. The molecule has 0 aliphatic rings. The van der Waals surface area contributed by atoms with E-state index in [1.165, 1.54) is 11.1 Å². The summed E-state index contributed by atoms with van der Waals surface area (Å²) < 4.78 is 0.